The van der Waals surface area contributed by atoms with E-state index in [1.807, 2.05) is 0 Å². The van der Waals surface area contributed by atoms with Crippen molar-refractivity contribution in [1.82, 2.24) is 19.5 Å². The van der Waals surface area contributed by atoms with Gasteiger partial charge >= 0.3 is 11.9 Å². The molecule has 2 aromatic rings. The fraction of sp³-hybridized carbons (Fsp3) is 0.400. The summed E-state index contributed by atoms with van der Waals surface area (Å²) in [6.45, 7) is 2.48. The van der Waals surface area contributed by atoms with E-state index in [0.29, 0.717) is 11.2 Å². The van der Waals surface area contributed by atoms with Crippen LogP contribution < -0.4 is 5.73 Å². The quantitative estimate of drug-likeness (QED) is 0.595. The highest BCUT2D eigenvalue weighted by molar-refractivity contribution is 5.81. The summed E-state index contributed by atoms with van der Waals surface area (Å²) >= 11 is 0. The Balaban J connectivity index is 2.08. The molecule has 0 aliphatic carbocycles. The van der Waals surface area contributed by atoms with Crippen LogP contribution in [0.3, 0.4) is 0 Å². The number of fused-ring (bicyclic) bond motifs is 1. The van der Waals surface area contributed by atoms with Gasteiger partial charge in [-0.05, 0) is 0 Å². The smallest absolute Gasteiger partial charge is 0.303 e. The summed E-state index contributed by atoms with van der Waals surface area (Å²) in [5, 5.41) is 0. The van der Waals surface area contributed by atoms with Crippen molar-refractivity contribution in [2.45, 2.75) is 32.3 Å². The maximum atomic E-state index is 11.6. The number of hydrogen-bond donors (Lipinski definition) is 1. The van der Waals surface area contributed by atoms with Gasteiger partial charge in [-0.3, -0.25) is 14.2 Å². The van der Waals surface area contributed by atoms with Crippen molar-refractivity contribution in [3.05, 3.63) is 24.7 Å². The van der Waals surface area contributed by atoms with Gasteiger partial charge in [0.05, 0.1) is 7.11 Å². The molecule has 1 saturated heterocycles. The van der Waals surface area contributed by atoms with Gasteiger partial charge in [0, 0.05) is 13.8 Å². The number of carbonyl (C=O) groups is 2. The van der Waals surface area contributed by atoms with E-state index in [-0.39, 0.29) is 11.6 Å². The van der Waals surface area contributed by atoms with Gasteiger partial charge in [0.15, 0.2) is 17.2 Å². The number of aromatic nitrogens is 4. The van der Waals surface area contributed by atoms with Crippen LogP contribution in [0.25, 0.3) is 11.2 Å². The monoisotopic (exact) mass is 363 g/mol. The first-order valence-electron chi connectivity index (χ1n) is 7.59. The summed E-state index contributed by atoms with van der Waals surface area (Å²) in [7, 11) is 1.41. The molecule has 0 aromatic carbocycles. The normalized spacial score (nSPS) is 23.7. The fourth-order valence-electron chi connectivity index (χ4n) is 2.68. The maximum absolute atomic E-state index is 11.6. The lowest BCUT2D eigenvalue weighted by atomic mass is 10.2. The Bertz CT molecular complexity index is 879. The first kappa shape index (κ1) is 17.5. The molecule has 11 nitrogen and oxygen atoms in total. The van der Waals surface area contributed by atoms with Crippen molar-refractivity contribution < 1.29 is 28.5 Å². The third kappa shape index (κ3) is 3.10. The van der Waals surface area contributed by atoms with Gasteiger partial charge in [-0.15, -0.1) is 0 Å². The zero-order chi connectivity index (χ0) is 18.8. The highest BCUT2D eigenvalue weighted by Gasteiger charge is 2.48. The number of carbonyl (C=O) groups excluding carboxylic acids is 2. The lowest BCUT2D eigenvalue weighted by Gasteiger charge is -2.21. The molecule has 0 spiro atoms. The Morgan fingerprint density at radius 3 is 2.62 bits per heavy atom. The van der Waals surface area contributed by atoms with Gasteiger partial charge in [-0.2, -0.15) is 0 Å². The van der Waals surface area contributed by atoms with Crippen molar-refractivity contribution >= 4 is 28.9 Å². The number of imidazole rings is 1. The molecule has 2 N–H and O–H groups in total. The molecule has 0 bridgehead atoms. The SMILES string of the molecule is CO/C=C1/O[C@@H](n2cnc3c(N)ncnc32)[C@H](OC(C)=O)[C@@H]1OC(C)=O. The third-order valence-corrected chi connectivity index (χ3v) is 3.61. The van der Waals surface area contributed by atoms with Crippen LogP contribution in [0.1, 0.15) is 20.1 Å². The van der Waals surface area contributed by atoms with Crippen molar-refractivity contribution in [2.75, 3.05) is 12.8 Å². The van der Waals surface area contributed by atoms with Crippen LogP contribution in [-0.4, -0.2) is 50.8 Å². The van der Waals surface area contributed by atoms with Crippen molar-refractivity contribution in [3.8, 4) is 0 Å². The molecule has 26 heavy (non-hydrogen) atoms. The van der Waals surface area contributed by atoms with Crippen LogP contribution in [0, 0.1) is 0 Å². The van der Waals surface area contributed by atoms with Crippen LogP contribution >= 0.6 is 0 Å². The number of ether oxygens (including phenoxy) is 4. The predicted molar refractivity (Wildman–Crippen MR) is 86.1 cm³/mol. The van der Waals surface area contributed by atoms with Crippen LogP contribution in [0.5, 0.6) is 0 Å². The minimum Gasteiger partial charge on any atom is -0.501 e. The summed E-state index contributed by atoms with van der Waals surface area (Å²) < 4.78 is 22.9. The predicted octanol–water partition coefficient (Wildman–Crippen LogP) is 0.288. The number of nitrogens with two attached hydrogens (primary N) is 1. The van der Waals surface area contributed by atoms with Crippen molar-refractivity contribution in [3.63, 3.8) is 0 Å². The van der Waals surface area contributed by atoms with E-state index in [1.165, 1.54) is 44.4 Å². The average Bonchev–Trinajstić information content (AvgIpc) is 3.12. The minimum atomic E-state index is -0.988. The van der Waals surface area contributed by atoms with E-state index >= 15 is 0 Å². The Morgan fingerprint density at radius 2 is 1.96 bits per heavy atom. The molecule has 2 aromatic heterocycles. The number of anilines is 1. The first-order chi connectivity index (χ1) is 12.4. The highest BCUT2D eigenvalue weighted by Crippen LogP contribution is 2.37. The largest absolute Gasteiger partial charge is 0.501 e. The molecule has 3 heterocycles. The number of esters is 2. The van der Waals surface area contributed by atoms with E-state index in [4.69, 9.17) is 24.7 Å². The lowest BCUT2D eigenvalue weighted by Crippen LogP contribution is -2.35. The zero-order valence-electron chi connectivity index (χ0n) is 14.3. The summed E-state index contributed by atoms with van der Waals surface area (Å²) in [5.74, 6) is -0.763. The zero-order valence-corrected chi connectivity index (χ0v) is 14.3. The van der Waals surface area contributed by atoms with Gasteiger partial charge in [-0.25, -0.2) is 15.0 Å². The Morgan fingerprint density at radius 1 is 1.23 bits per heavy atom. The molecule has 0 radical (unpaired) electrons. The average molecular weight is 363 g/mol. The second-order valence-electron chi connectivity index (χ2n) is 5.45. The summed E-state index contributed by atoms with van der Waals surface area (Å²) in [6, 6.07) is 0. The molecule has 0 unspecified atom stereocenters. The first-order valence-corrected chi connectivity index (χ1v) is 7.59. The van der Waals surface area contributed by atoms with E-state index in [9.17, 15) is 9.59 Å². The second kappa shape index (κ2) is 6.86. The van der Waals surface area contributed by atoms with Crippen molar-refractivity contribution in [1.29, 1.82) is 0 Å². The highest BCUT2D eigenvalue weighted by atomic mass is 16.6. The Hall–Kier alpha value is -3.37. The molecule has 3 atom stereocenters. The molecule has 0 saturated carbocycles. The third-order valence-electron chi connectivity index (χ3n) is 3.61. The molecule has 138 valence electrons. The number of nitrogens with zero attached hydrogens (tertiary/aromatic N) is 4. The fourth-order valence-corrected chi connectivity index (χ4v) is 2.68. The van der Waals surface area contributed by atoms with Crippen LogP contribution in [0.2, 0.25) is 0 Å². The van der Waals surface area contributed by atoms with Crippen LogP contribution in [0.15, 0.2) is 24.7 Å². The summed E-state index contributed by atoms with van der Waals surface area (Å²) in [4.78, 5) is 35.3. The van der Waals surface area contributed by atoms with E-state index < -0.39 is 30.4 Å². The van der Waals surface area contributed by atoms with E-state index in [0.717, 1.165) is 0 Å². The molecule has 1 fully saturated rings. The second-order valence-corrected chi connectivity index (χ2v) is 5.45. The molecular formula is C15H17N5O6. The molecule has 1 aliphatic heterocycles. The minimum absolute atomic E-state index is 0.183. The van der Waals surface area contributed by atoms with E-state index in [1.54, 1.807) is 0 Å². The molecule has 0 amide bonds. The summed E-state index contributed by atoms with van der Waals surface area (Å²) in [5.41, 5.74) is 6.54. The number of nitrogen functional groups attached to an aromatic ring is 1. The molecule has 3 rings (SSSR count). The van der Waals surface area contributed by atoms with Gasteiger partial charge in [0.25, 0.3) is 0 Å². The van der Waals surface area contributed by atoms with Gasteiger partial charge in [0.1, 0.15) is 24.4 Å². The number of methoxy groups -OCH3 is 1. The number of hydrogen-bond acceptors (Lipinski definition) is 10. The Kier molecular flexibility index (Phi) is 4.61. The van der Waals surface area contributed by atoms with Gasteiger partial charge < -0.3 is 24.7 Å². The Labute approximate surface area is 147 Å². The topological polar surface area (TPSA) is 141 Å². The molecule has 1 aliphatic rings. The maximum Gasteiger partial charge on any atom is 0.303 e. The van der Waals surface area contributed by atoms with Gasteiger partial charge in [-0.1, -0.05) is 0 Å². The van der Waals surface area contributed by atoms with Crippen LogP contribution in [-0.2, 0) is 28.5 Å². The lowest BCUT2D eigenvalue weighted by molar-refractivity contribution is -0.164. The van der Waals surface area contributed by atoms with Gasteiger partial charge in [0.2, 0.25) is 18.4 Å². The standard InChI is InChI=1S/C15H17N5O6/c1-7(21)24-11-9(4-23-3)26-15(12(11)25-8(2)22)20-6-19-10-13(16)17-5-18-14(10)20/h4-6,11-12,15H,1-3H3,(H2,16,17,18)/b9-4+/t11-,12-,15-/m1/s1. The van der Waals surface area contributed by atoms with E-state index in [2.05, 4.69) is 15.0 Å². The number of rotatable bonds is 4. The summed E-state index contributed by atoms with van der Waals surface area (Å²) in [6.07, 6.45) is 1.11. The van der Waals surface area contributed by atoms with Crippen LogP contribution in [0.4, 0.5) is 5.82 Å². The molecular weight excluding hydrogens is 346 g/mol. The van der Waals surface area contributed by atoms with Crippen molar-refractivity contribution in [2.24, 2.45) is 0 Å². The molecule has 11 heteroatoms.